The summed E-state index contributed by atoms with van der Waals surface area (Å²) >= 11 is 5.57. The van der Waals surface area contributed by atoms with E-state index >= 15 is 0 Å². The van der Waals surface area contributed by atoms with Crippen LogP contribution in [-0.2, 0) is 0 Å². The van der Waals surface area contributed by atoms with Crippen molar-refractivity contribution in [3.63, 3.8) is 0 Å². The second-order valence-electron chi connectivity index (χ2n) is 2.58. The molecule has 1 aromatic carbocycles. The van der Waals surface area contributed by atoms with E-state index in [9.17, 15) is 14.5 Å². The number of H-pyrrole nitrogens is 1. The van der Waals surface area contributed by atoms with Gasteiger partial charge in [0.25, 0.3) is 5.69 Å². The first kappa shape index (κ1) is 8.89. The highest BCUT2D eigenvalue weighted by molar-refractivity contribution is 6.34. The summed E-state index contributed by atoms with van der Waals surface area (Å²) in [6.07, 6.45) is 0. The van der Waals surface area contributed by atoms with Crippen molar-refractivity contribution in [1.82, 2.24) is 10.2 Å². The van der Waals surface area contributed by atoms with Crippen molar-refractivity contribution in [2.75, 3.05) is 0 Å². The van der Waals surface area contributed by atoms with Crippen molar-refractivity contribution < 1.29 is 9.31 Å². The Hall–Kier alpha value is -1.69. The van der Waals surface area contributed by atoms with Crippen LogP contribution in [0, 0.1) is 15.9 Å². The number of nitrogens with zero attached hydrogens (tertiary/aromatic N) is 2. The van der Waals surface area contributed by atoms with E-state index in [-0.39, 0.29) is 21.7 Å². The van der Waals surface area contributed by atoms with E-state index in [1.54, 1.807) is 0 Å². The highest BCUT2D eigenvalue weighted by Crippen LogP contribution is 2.30. The summed E-state index contributed by atoms with van der Waals surface area (Å²) in [4.78, 5) is 9.88. The molecule has 0 aliphatic heterocycles. The Balaban J connectivity index is 2.90. The Morgan fingerprint density at radius 1 is 1.57 bits per heavy atom. The zero-order valence-electron chi connectivity index (χ0n) is 6.62. The molecule has 0 aliphatic carbocycles. The summed E-state index contributed by atoms with van der Waals surface area (Å²) in [7, 11) is 0. The Morgan fingerprint density at radius 2 is 2.29 bits per heavy atom. The Morgan fingerprint density at radius 3 is 2.93 bits per heavy atom. The fourth-order valence-corrected chi connectivity index (χ4v) is 1.41. The molecule has 14 heavy (non-hydrogen) atoms. The summed E-state index contributed by atoms with van der Waals surface area (Å²) in [5.41, 5.74) is -0.343. The predicted molar refractivity (Wildman–Crippen MR) is 47.7 cm³/mol. The summed E-state index contributed by atoms with van der Waals surface area (Å²) in [5, 5.41) is 16.3. The van der Waals surface area contributed by atoms with Crippen LogP contribution in [0.4, 0.5) is 10.1 Å². The molecule has 0 radical (unpaired) electrons. The molecule has 2 aromatic rings. The molecule has 0 spiro atoms. The van der Waals surface area contributed by atoms with Crippen molar-refractivity contribution in [2.24, 2.45) is 0 Å². The second-order valence-corrected chi connectivity index (χ2v) is 2.96. The minimum atomic E-state index is -0.640. The van der Waals surface area contributed by atoms with Crippen LogP contribution >= 0.6 is 11.6 Å². The number of aromatic amines is 1. The highest BCUT2D eigenvalue weighted by Gasteiger charge is 2.19. The number of hydrogen-bond donors (Lipinski definition) is 1. The number of non-ortho nitro benzene ring substituents is 1. The van der Waals surface area contributed by atoms with Gasteiger partial charge in [0.1, 0.15) is 11.0 Å². The van der Waals surface area contributed by atoms with Crippen LogP contribution in [0.5, 0.6) is 0 Å². The van der Waals surface area contributed by atoms with Crippen molar-refractivity contribution in [3.8, 4) is 0 Å². The van der Waals surface area contributed by atoms with Gasteiger partial charge in [-0.25, -0.2) is 4.39 Å². The van der Waals surface area contributed by atoms with E-state index in [2.05, 4.69) is 10.2 Å². The maximum atomic E-state index is 13.2. The fourth-order valence-electron chi connectivity index (χ4n) is 1.19. The monoisotopic (exact) mass is 215 g/mol. The third-order valence-electron chi connectivity index (χ3n) is 1.79. The number of benzene rings is 1. The first-order valence-electron chi connectivity index (χ1n) is 3.57. The molecule has 1 heterocycles. The zero-order valence-corrected chi connectivity index (χ0v) is 7.38. The van der Waals surface area contributed by atoms with Gasteiger partial charge in [-0.15, -0.1) is 0 Å². The highest BCUT2D eigenvalue weighted by atomic mass is 35.5. The lowest BCUT2D eigenvalue weighted by atomic mass is 10.2. The molecule has 7 heteroatoms. The van der Waals surface area contributed by atoms with E-state index in [1.807, 2.05) is 0 Å². The number of aromatic nitrogens is 2. The van der Waals surface area contributed by atoms with Crippen LogP contribution in [0.2, 0.25) is 5.15 Å². The van der Waals surface area contributed by atoms with Crippen molar-refractivity contribution in [1.29, 1.82) is 0 Å². The van der Waals surface area contributed by atoms with Gasteiger partial charge in [0.2, 0.25) is 0 Å². The third kappa shape index (κ3) is 1.12. The molecular formula is C7H3ClFN3O2. The smallest absolute Gasteiger partial charge is 0.266 e. The van der Waals surface area contributed by atoms with Crippen molar-refractivity contribution in [2.45, 2.75) is 0 Å². The van der Waals surface area contributed by atoms with Crippen molar-refractivity contribution in [3.05, 3.63) is 33.2 Å². The first-order chi connectivity index (χ1) is 6.61. The topological polar surface area (TPSA) is 71.8 Å². The molecule has 0 saturated carbocycles. The second kappa shape index (κ2) is 2.91. The van der Waals surface area contributed by atoms with Gasteiger partial charge in [-0.3, -0.25) is 15.2 Å². The lowest BCUT2D eigenvalue weighted by Crippen LogP contribution is -1.90. The third-order valence-corrected chi connectivity index (χ3v) is 2.06. The lowest BCUT2D eigenvalue weighted by molar-refractivity contribution is -0.383. The van der Waals surface area contributed by atoms with Crippen molar-refractivity contribution >= 4 is 28.2 Å². The van der Waals surface area contributed by atoms with E-state index < -0.39 is 10.7 Å². The van der Waals surface area contributed by atoms with Gasteiger partial charge in [-0.2, -0.15) is 5.10 Å². The number of hydrogen-bond acceptors (Lipinski definition) is 3. The molecule has 72 valence electrons. The Labute approximate surface area is 81.6 Å². The molecule has 1 aromatic heterocycles. The van der Waals surface area contributed by atoms with E-state index in [0.717, 1.165) is 12.1 Å². The number of halogens is 2. The average molecular weight is 216 g/mol. The molecule has 0 amide bonds. The van der Waals surface area contributed by atoms with Gasteiger partial charge in [0.05, 0.1) is 10.3 Å². The minimum absolute atomic E-state index is 0.0406. The van der Waals surface area contributed by atoms with Gasteiger partial charge < -0.3 is 0 Å². The van der Waals surface area contributed by atoms with Crippen LogP contribution in [0.3, 0.4) is 0 Å². The maximum absolute atomic E-state index is 13.2. The number of fused-ring (bicyclic) bond motifs is 1. The molecule has 0 fully saturated rings. The summed E-state index contributed by atoms with van der Waals surface area (Å²) in [6, 6.07) is 2.04. The first-order valence-corrected chi connectivity index (χ1v) is 3.95. The molecule has 0 saturated heterocycles. The van der Waals surface area contributed by atoms with Crippen LogP contribution in [0.1, 0.15) is 0 Å². The molecule has 0 bridgehead atoms. The number of nitrogens with one attached hydrogen (secondary N) is 1. The SMILES string of the molecule is O=[N+]([O-])c1ccc(F)c2c(Cl)[nH]nc12. The van der Waals surface area contributed by atoms with Crippen LogP contribution in [-0.4, -0.2) is 15.1 Å². The van der Waals surface area contributed by atoms with Gasteiger partial charge in [-0.1, -0.05) is 11.6 Å². The quantitative estimate of drug-likeness (QED) is 0.586. The molecule has 1 N–H and O–H groups in total. The normalized spacial score (nSPS) is 10.7. The molecule has 5 nitrogen and oxygen atoms in total. The standard InChI is InChI=1S/C7H3ClFN3O2/c8-7-5-3(9)1-2-4(12(13)14)6(5)10-11-7/h1-2H,(H,10,11). The minimum Gasteiger partial charge on any atom is -0.266 e. The van der Waals surface area contributed by atoms with Gasteiger partial charge in [0.15, 0.2) is 5.52 Å². The summed E-state index contributed by atoms with van der Waals surface area (Å²) in [6.45, 7) is 0. The average Bonchev–Trinajstić information content (AvgIpc) is 2.49. The molecule has 2 rings (SSSR count). The molecular weight excluding hydrogens is 213 g/mol. The Kier molecular flexibility index (Phi) is 1.85. The summed E-state index contributed by atoms with van der Waals surface area (Å²) in [5.74, 6) is -0.635. The number of nitro benzene ring substituents is 1. The summed E-state index contributed by atoms with van der Waals surface area (Å²) < 4.78 is 13.2. The predicted octanol–water partition coefficient (Wildman–Crippen LogP) is 2.26. The zero-order chi connectivity index (χ0) is 10.3. The van der Waals surface area contributed by atoms with Gasteiger partial charge >= 0.3 is 0 Å². The van der Waals surface area contributed by atoms with E-state index in [4.69, 9.17) is 11.6 Å². The fraction of sp³-hybridized carbons (Fsp3) is 0. The largest absolute Gasteiger partial charge is 0.297 e. The van der Waals surface area contributed by atoms with Gasteiger partial charge in [-0.05, 0) is 6.07 Å². The number of rotatable bonds is 1. The molecule has 0 atom stereocenters. The molecule has 0 aliphatic rings. The van der Waals surface area contributed by atoms with Crippen LogP contribution in [0.25, 0.3) is 10.9 Å². The Bertz CT molecular complexity index is 525. The van der Waals surface area contributed by atoms with Crippen LogP contribution < -0.4 is 0 Å². The lowest BCUT2D eigenvalue weighted by Gasteiger charge is -1.93. The maximum Gasteiger partial charge on any atom is 0.297 e. The number of nitro groups is 1. The van der Waals surface area contributed by atoms with Gasteiger partial charge in [0, 0.05) is 6.07 Å². The molecule has 0 unspecified atom stereocenters. The van der Waals surface area contributed by atoms with E-state index in [0.29, 0.717) is 0 Å². The van der Waals surface area contributed by atoms with E-state index in [1.165, 1.54) is 0 Å². The van der Waals surface area contributed by atoms with Crippen LogP contribution in [0.15, 0.2) is 12.1 Å².